The van der Waals surface area contributed by atoms with E-state index >= 15 is 0 Å². The summed E-state index contributed by atoms with van der Waals surface area (Å²) >= 11 is 0. The summed E-state index contributed by atoms with van der Waals surface area (Å²) in [4.78, 5) is 12.6. The molecule has 0 spiro atoms. The van der Waals surface area contributed by atoms with Gasteiger partial charge in [-0.15, -0.1) is 0 Å². The van der Waals surface area contributed by atoms with Crippen LogP contribution in [0.15, 0.2) is 30.3 Å². The van der Waals surface area contributed by atoms with Crippen molar-refractivity contribution in [3.05, 3.63) is 41.5 Å². The molecule has 0 radical (unpaired) electrons. The molecule has 10 heteroatoms. The van der Waals surface area contributed by atoms with Crippen LogP contribution < -0.4 is 9.47 Å². The fourth-order valence-corrected chi connectivity index (χ4v) is 3.62. The van der Waals surface area contributed by atoms with E-state index in [9.17, 15) is 35.4 Å². The second kappa shape index (κ2) is 7.89. The van der Waals surface area contributed by atoms with Gasteiger partial charge in [-0.05, 0) is 31.2 Å². The number of rotatable bonds is 3. The van der Waals surface area contributed by atoms with E-state index in [1.165, 1.54) is 37.3 Å². The lowest BCUT2D eigenvalue weighted by Crippen LogP contribution is -2.58. The molecule has 2 aliphatic heterocycles. The number of carbonyl (C=O) groups is 1. The van der Waals surface area contributed by atoms with Crippen LogP contribution in [-0.2, 0) is 4.74 Å². The van der Waals surface area contributed by atoms with Crippen LogP contribution in [0, 0.1) is 0 Å². The molecule has 2 heterocycles. The molecular weight excluding hydrogens is 412 g/mol. The van der Waals surface area contributed by atoms with Crippen LogP contribution >= 0.6 is 0 Å². The van der Waals surface area contributed by atoms with Gasteiger partial charge in [0.15, 0.2) is 23.0 Å². The third kappa shape index (κ3) is 3.86. The van der Waals surface area contributed by atoms with E-state index in [2.05, 4.69) is 0 Å². The molecular formula is C21H22O10. The Hall–Kier alpha value is -3.05. The van der Waals surface area contributed by atoms with Crippen molar-refractivity contribution in [2.75, 3.05) is 0 Å². The van der Waals surface area contributed by atoms with Crippen molar-refractivity contribution in [2.24, 2.45) is 0 Å². The van der Waals surface area contributed by atoms with Gasteiger partial charge in [0.05, 0.1) is 18.1 Å². The molecule has 1 saturated heterocycles. The second-order valence-electron chi connectivity index (χ2n) is 7.60. The number of aliphatic hydroxyl groups is 3. The maximum atomic E-state index is 12.6. The molecule has 4 rings (SSSR count). The first-order chi connectivity index (χ1) is 14.7. The fraction of sp³-hybridized carbons (Fsp3) is 0.381. The first kappa shape index (κ1) is 21.2. The zero-order valence-corrected chi connectivity index (χ0v) is 16.4. The summed E-state index contributed by atoms with van der Waals surface area (Å²) in [6, 6.07) is 6.77. The average Bonchev–Trinajstić information content (AvgIpc) is 2.73. The SMILES string of the molecule is C[C@@H]1O[C@@H](Oc2ccc3c(c2)O[C@H](c2cc(O)c(O)c(O)c2)CC3=O)[C@H](O)[C@H](O)[C@H]1O. The highest BCUT2D eigenvalue weighted by Gasteiger charge is 2.43. The molecule has 0 amide bonds. The molecule has 0 aliphatic carbocycles. The largest absolute Gasteiger partial charge is 0.504 e. The number of aliphatic hydroxyl groups excluding tert-OH is 3. The van der Waals surface area contributed by atoms with Crippen molar-refractivity contribution in [2.45, 2.75) is 50.2 Å². The minimum absolute atomic E-state index is 0.0527. The number of Topliss-reactive ketones (excluding diaryl/α,β-unsaturated/α-hetero) is 1. The summed E-state index contributed by atoms with van der Waals surface area (Å²) in [6.07, 6.45) is -7.14. The quantitative estimate of drug-likeness (QED) is 0.379. The summed E-state index contributed by atoms with van der Waals surface area (Å²) in [7, 11) is 0. The molecule has 6 atom stereocenters. The van der Waals surface area contributed by atoms with Crippen LogP contribution in [0.2, 0.25) is 0 Å². The van der Waals surface area contributed by atoms with E-state index in [1.807, 2.05) is 0 Å². The Kier molecular flexibility index (Phi) is 5.40. The van der Waals surface area contributed by atoms with Gasteiger partial charge in [-0.1, -0.05) is 0 Å². The van der Waals surface area contributed by atoms with Crippen molar-refractivity contribution in [3.63, 3.8) is 0 Å². The van der Waals surface area contributed by atoms with Crippen molar-refractivity contribution < 1.29 is 49.6 Å². The molecule has 6 N–H and O–H groups in total. The van der Waals surface area contributed by atoms with Crippen molar-refractivity contribution >= 4 is 5.78 Å². The Labute approximate surface area is 176 Å². The predicted octanol–water partition coefficient (Wildman–Crippen LogP) is 0.716. The standard InChI is InChI=1S/C21H22O10/c1-8-17(25)19(27)20(28)21(29-8)30-10-2-3-11-12(22)7-15(31-16(11)6-10)9-4-13(23)18(26)14(24)5-9/h2-6,8,15,17,19-21,23-28H,7H2,1H3/t8-,15-,17-,19+,20+,21-/m0/s1. The lowest BCUT2D eigenvalue weighted by Gasteiger charge is -2.39. The topological polar surface area (TPSA) is 166 Å². The molecule has 0 aromatic heterocycles. The predicted molar refractivity (Wildman–Crippen MR) is 103 cm³/mol. The maximum absolute atomic E-state index is 12.6. The van der Waals surface area contributed by atoms with E-state index in [1.54, 1.807) is 0 Å². The number of phenolic OH excluding ortho intramolecular Hbond substituents is 3. The highest BCUT2D eigenvalue weighted by molar-refractivity contribution is 6.00. The molecule has 2 aromatic carbocycles. The number of phenols is 3. The maximum Gasteiger partial charge on any atom is 0.229 e. The van der Waals surface area contributed by atoms with Crippen LogP contribution in [0.4, 0.5) is 0 Å². The van der Waals surface area contributed by atoms with Crippen LogP contribution in [0.25, 0.3) is 0 Å². The zero-order chi connectivity index (χ0) is 22.4. The molecule has 2 aliphatic rings. The molecule has 166 valence electrons. The van der Waals surface area contributed by atoms with Crippen molar-refractivity contribution in [1.82, 2.24) is 0 Å². The molecule has 0 saturated carbocycles. The highest BCUT2D eigenvalue weighted by atomic mass is 16.7. The van der Waals surface area contributed by atoms with Crippen molar-refractivity contribution in [3.8, 4) is 28.7 Å². The second-order valence-corrected chi connectivity index (χ2v) is 7.60. The van der Waals surface area contributed by atoms with Gasteiger partial charge in [0, 0.05) is 11.6 Å². The molecule has 10 nitrogen and oxygen atoms in total. The summed E-state index contributed by atoms with van der Waals surface area (Å²) < 4.78 is 16.9. The summed E-state index contributed by atoms with van der Waals surface area (Å²) in [5, 5.41) is 58.8. The number of fused-ring (bicyclic) bond motifs is 1. The monoisotopic (exact) mass is 434 g/mol. The van der Waals surface area contributed by atoms with Crippen LogP contribution in [0.3, 0.4) is 0 Å². The molecule has 1 fully saturated rings. The minimum atomic E-state index is -1.50. The van der Waals surface area contributed by atoms with E-state index in [-0.39, 0.29) is 29.3 Å². The van der Waals surface area contributed by atoms with Gasteiger partial charge >= 0.3 is 0 Å². The van der Waals surface area contributed by atoms with Gasteiger partial charge in [0.25, 0.3) is 0 Å². The first-order valence-corrected chi connectivity index (χ1v) is 9.60. The number of hydrogen-bond donors (Lipinski definition) is 6. The van der Waals surface area contributed by atoms with Gasteiger partial charge in [-0.2, -0.15) is 0 Å². The first-order valence-electron chi connectivity index (χ1n) is 9.60. The Morgan fingerprint density at radius 3 is 2.32 bits per heavy atom. The van der Waals surface area contributed by atoms with Crippen LogP contribution in [-0.4, -0.2) is 67.1 Å². The molecule has 0 bridgehead atoms. The lowest BCUT2D eigenvalue weighted by molar-refractivity contribution is -0.268. The van der Waals surface area contributed by atoms with E-state index < -0.39 is 54.1 Å². The number of carbonyl (C=O) groups excluding carboxylic acids is 1. The van der Waals surface area contributed by atoms with Crippen molar-refractivity contribution in [1.29, 1.82) is 0 Å². The lowest BCUT2D eigenvalue weighted by atomic mass is 9.95. The zero-order valence-electron chi connectivity index (χ0n) is 16.4. The normalized spacial score (nSPS) is 30.4. The van der Waals surface area contributed by atoms with Gasteiger partial charge in [0.2, 0.25) is 6.29 Å². The third-order valence-electron chi connectivity index (χ3n) is 5.42. The Morgan fingerprint density at radius 1 is 0.968 bits per heavy atom. The third-order valence-corrected chi connectivity index (χ3v) is 5.42. The number of hydrogen-bond acceptors (Lipinski definition) is 10. The smallest absolute Gasteiger partial charge is 0.229 e. The average molecular weight is 434 g/mol. The van der Waals surface area contributed by atoms with Gasteiger partial charge < -0.3 is 44.8 Å². The van der Waals surface area contributed by atoms with E-state index in [0.29, 0.717) is 5.56 Å². The molecule has 31 heavy (non-hydrogen) atoms. The number of ketones is 1. The summed E-state index contributed by atoms with van der Waals surface area (Å²) in [5.74, 6) is -1.66. The number of ether oxygens (including phenoxy) is 3. The Morgan fingerprint density at radius 2 is 1.65 bits per heavy atom. The summed E-state index contributed by atoms with van der Waals surface area (Å²) in [5.41, 5.74) is 0.583. The van der Waals surface area contributed by atoms with Gasteiger partial charge in [-0.25, -0.2) is 0 Å². The van der Waals surface area contributed by atoms with E-state index in [4.69, 9.17) is 14.2 Å². The molecule has 2 aromatic rings. The Balaban J connectivity index is 1.57. The highest BCUT2D eigenvalue weighted by Crippen LogP contribution is 2.42. The molecule has 0 unspecified atom stereocenters. The van der Waals surface area contributed by atoms with E-state index in [0.717, 1.165) is 0 Å². The van der Waals surface area contributed by atoms with Gasteiger partial charge in [-0.3, -0.25) is 4.79 Å². The minimum Gasteiger partial charge on any atom is -0.504 e. The Bertz CT molecular complexity index is 983. The van der Waals surface area contributed by atoms with Crippen LogP contribution in [0.5, 0.6) is 28.7 Å². The van der Waals surface area contributed by atoms with Gasteiger partial charge in [0.1, 0.15) is 35.9 Å². The number of aromatic hydroxyl groups is 3. The van der Waals surface area contributed by atoms with Crippen LogP contribution in [0.1, 0.15) is 35.4 Å². The number of benzene rings is 2. The fourth-order valence-electron chi connectivity index (χ4n) is 3.62. The summed E-state index contributed by atoms with van der Waals surface area (Å²) in [6.45, 7) is 1.53.